The molecule has 0 radical (unpaired) electrons. The summed E-state index contributed by atoms with van der Waals surface area (Å²) >= 11 is 0. The topological polar surface area (TPSA) is 81.1 Å². The number of benzene rings is 1. The molecule has 1 aromatic carbocycles. The Morgan fingerprint density at radius 2 is 1.88 bits per heavy atom. The van der Waals surface area contributed by atoms with Crippen LogP contribution >= 0.6 is 24.8 Å². The van der Waals surface area contributed by atoms with Crippen LogP contribution in [0.1, 0.15) is 5.56 Å². The van der Waals surface area contributed by atoms with Gasteiger partial charge in [-0.2, -0.15) is 0 Å². The number of hydrogen-bond donors (Lipinski definition) is 2. The van der Waals surface area contributed by atoms with Crippen LogP contribution in [0.3, 0.4) is 0 Å². The average molecular weight is 377 g/mol. The molecule has 6 nitrogen and oxygen atoms in total. The van der Waals surface area contributed by atoms with E-state index < -0.39 is 0 Å². The van der Waals surface area contributed by atoms with E-state index in [1.54, 1.807) is 12.4 Å². The predicted octanol–water partition coefficient (Wildman–Crippen LogP) is 2.71. The first-order valence-corrected chi connectivity index (χ1v) is 7.46. The number of nitrogens with one attached hydrogen (secondary N) is 1. The first-order valence-electron chi connectivity index (χ1n) is 7.46. The van der Waals surface area contributed by atoms with Crippen molar-refractivity contribution in [2.45, 2.75) is 0 Å². The maximum absolute atomic E-state index is 5.79. The zero-order chi connectivity index (χ0) is 15.6. The molecule has 4 rings (SSSR count). The van der Waals surface area contributed by atoms with Gasteiger partial charge in [0.2, 0.25) is 0 Å². The number of amidine groups is 1. The number of rotatable bonds is 3. The van der Waals surface area contributed by atoms with Gasteiger partial charge in [0.05, 0.1) is 6.54 Å². The third kappa shape index (κ3) is 3.75. The average Bonchev–Trinajstić information content (AvgIpc) is 3.27. The number of anilines is 1. The summed E-state index contributed by atoms with van der Waals surface area (Å²) in [6, 6.07) is 12.0. The minimum atomic E-state index is 0. The van der Waals surface area contributed by atoms with E-state index in [-0.39, 0.29) is 24.8 Å². The minimum absolute atomic E-state index is 0. The van der Waals surface area contributed by atoms with Gasteiger partial charge in [0.25, 0.3) is 0 Å². The summed E-state index contributed by atoms with van der Waals surface area (Å²) in [6.07, 6.45) is 5.41. The molecule has 0 amide bonds. The summed E-state index contributed by atoms with van der Waals surface area (Å²) in [4.78, 5) is 13.0. The van der Waals surface area contributed by atoms with Crippen molar-refractivity contribution < 1.29 is 0 Å². The molecule has 2 aromatic heterocycles. The van der Waals surface area contributed by atoms with E-state index in [1.165, 1.54) is 0 Å². The molecule has 0 bridgehead atoms. The third-order valence-corrected chi connectivity index (χ3v) is 3.75. The van der Waals surface area contributed by atoms with Gasteiger partial charge in [0.15, 0.2) is 0 Å². The number of aromatic nitrogens is 3. The summed E-state index contributed by atoms with van der Waals surface area (Å²) in [5, 5.41) is 3.30. The van der Waals surface area contributed by atoms with Crippen LogP contribution in [-0.2, 0) is 0 Å². The lowest BCUT2D eigenvalue weighted by Gasteiger charge is -2.10. The van der Waals surface area contributed by atoms with E-state index in [0.29, 0.717) is 5.82 Å². The fourth-order valence-electron chi connectivity index (χ4n) is 2.71. The lowest BCUT2D eigenvalue weighted by atomic mass is 10.1. The summed E-state index contributed by atoms with van der Waals surface area (Å²) in [7, 11) is 0. The van der Waals surface area contributed by atoms with Crippen LogP contribution in [0.5, 0.6) is 0 Å². The second kappa shape index (κ2) is 8.00. The van der Waals surface area contributed by atoms with Crippen LogP contribution in [0.4, 0.5) is 5.82 Å². The fraction of sp³-hybridized carbons (Fsp3) is 0.118. The van der Waals surface area contributed by atoms with Crippen LogP contribution in [-0.4, -0.2) is 33.5 Å². The molecule has 0 saturated heterocycles. The highest BCUT2D eigenvalue weighted by atomic mass is 35.5. The van der Waals surface area contributed by atoms with Gasteiger partial charge in [-0.05, 0) is 24.3 Å². The predicted molar refractivity (Wildman–Crippen MR) is 105 cm³/mol. The van der Waals surface area contributed by atoms with Gasteiger partial charge in [-0.25, -0.2) is 9.97 Å². The Labute approximate surface area is 158 Å². The molecule has 0 atom stereocenters. The number of halogens is 2. The number of aliphatic imine (C=N–C) groups is 1. The van der Waals surface area contributed by atoms with E-state index in [0.717, 1.165) is 41.6 Å². The van der Waals surface area contributed by atoms with E-state index >= 15 is 0 Å². The summed E-state index contributed by atoms with van der Waals surface area (Å²) in [5.74, 6) is 2.26. The van der Waals surface area contributed by atoms with Crippen molar-refractivity contribution in [2.75, 3.05) is 18.8 Å². The van der Waals surface area contributed by atoms with Gasteiger partial charge in [0.1, 0.15) is 17.5 Å². The van der Waals surface area contributed by atoms with Crippen molar-refractivity contribution >= 4 is 36.5 Å². The van der Waals surface area contributed by atoms with Gasteiger partial charge in [-0.3, -0.25) is 9.56 Å². The molecule has 0 fully saturated rings. The lowest BCUT2D eigenvalue weighted by Crippen LogP contribution is -2.19. The Kier molecular flexibility index (Phi) is 6.01. The van der Waals surface area contributed by atoms with Gasteiger partial charge in [-0.15, -0.1) is 24.8 Å². The van der Waals surface area contributed by atoms with Gasteiger partial charge >= 0.3 is 0 Å². The van der Waals surface area contributed by atoms with Crippen LogP contribution < -0.4 is 11.1 Å². The molecule has 8 heteroatoms. The quantitative estimate of drug-likeness (QED) is 0.736. The number of nitrogen functional groups attached to an aromatic ring is 1. The zero-order valence-corrected chi connectivity index (χ0v) is 14.9. The molecule has 0 saturated carbocycles. The van der Waals surface area contributed by atoms with E-state index in [1.807, 2.05) is 29.0 Å². The molecular weight excluding hydrogens is 359 g/mol. The molecule has 130 valence electrons. The summed E-state index contributed by atoms with van der Waals surface area (Å²) in [6.45, 7) is 1.72. The molecule has 3 N–H and O–H groups in total. The Bertz CT molecular complexity index is 890. The molecule has 1 aliphatic heterocycles. The van der Waals surface area contributed by atoms with E-state index in [2.05, 4.69) is 38.5 Å². The number of hydrogen-bond acceptors (Lipinski definition) is 5. The molecule has 0 spiro atoms. The highest BCUT2D eigenvalue weighted by molar-refractivity contribution is 6.00. The van der Waals surface area contributed by atoms with Gasteiger partial charge < -0.3 is 11.1 Å². The van der Waals surface area contributed by atoms with Crippen molar-refractivity contribution in [1.29, 1.82) is 0 Å². The third-order valence-electron chi connectivity index (χ3n) is 3.75. The van der Waals surface area contributed by atoms with Crippen LogP contribution in [0, 0.1) is 0 Å². The molecule has 3 aromatic rings. The minimum Gasteiger partial charge on any atom is -0.384 e. The maximum Gasteiger partial charge on any atom is 0.144 e. The Morgan fingerprint density at radius 1 is 1.00 bits per heavy atom. The molecule has 0 aliphatic carbocycles. The highest BCUT2D eigenvalue weighted by Crippen LogP contribution is 2.23. The standard InChI is InChI=1S/C17H16N6.2ClH/c18-15-11-13(4-5-19-15)17-22-8-9-23(17)14-3-1-2-12(10-14)16-20-6-7-21-16;;/h1-5,8-11H,6-7H2,(H2,18,19)(H,20,21);2*1H. The van der Waals surface area contributed by atoms with Crippen molar-refractivity contribution in [2.24, 2.45) is 4.99 Å². The SMILES string of the molecule is Cl.Cl.Nc1cc(-c2nccn2-c2cccc(C3=NCCN3)c2)ccn1. The number of nitrogens with two attached hydrogens (primary N) is 1. The van der Waals surface area contributed by atoms with Crippen molar-refractivity contribution in [3.63, 3.8) is 0 Å². The van der Waals surface area contributed by atoms with Crippen molar-refractivity contribution in [3.05, 3.63) is 60.6 Å². The van der Waals surface area contributed by atoms with Crippen LogP contribution in [0.2, 0.25) is 0 Å². The molecule has 1 aliphatic rings. The number of pyridine rings is 1. The fourth-order valence-corrected chi connectivity index (χ4v) is 2.71. The van der Waals surface area contributed by atoms with Gasteiger partial charge in [0, 0.05) is 41.9 Å². The van der Waals surface area contributed by atoms with Crippen molar-refractivity contribution in [1.82, 2.24) is 19.9 Å². The normalized spacial score (nSPS) is 12.6. The molecule has 25 heavy (non-hydrogen) atoms. The number of nitrogens with zero attached hydrogens (tertiary/aromatic N) is 4. The Morgan fingerprint density at radius 3 is 2.64 bits per heavy atom. The monoisotopic (exact) mass is 376 g/mol. The summed E-state index contributed by atoms with van der Waals surface area (Å²) in [5.41, 5.74) is 8.83. The first-order chi connectivity index (χ1) is 11.3. The largest absolute Gasteiger partial charge is 0.384 e. The van der Waals surface area contributed by atoms with Crippen LogP contribution in [0.25, 0.3) is 17.1 Å². The molecular formula is C17H18Cl2N6. The Balaban J connectivity index is 0.00000113. The van der Waals surface area contributed by atoms with Gasteiger partial charge in [-0.1, -0.05) is 12.1 Å². The zero-order valence-electron chi connectivity index (χ0n) is 13.3. The molecule has 0 unspecified atom stereocenters. The smallest absolute Gasteiger partial charge is 0.144 e. The lowest BCUT2D eigenvalue weighted by molar-refractivity contribution is 0.960. The van der Waals surface area contributed by atoms with Crippen LogP contribution in [0.15, 0.2) is 60.0 Å². The first kappa shape index (κ1) is 18.8. The second-order valence-electron chi connectivity index (χ2n) is 5.30. The summed E-state index contributed by atoms with van der Waals surface area (Å²) < 4.78 is 2.04. The number of imidazole rings is 1. The highest BCUT2D eigenvalue weighted by Gasteiger charge is 2.12. The van der Waals surface area contributed by atoms with E-state index in [9.17, 15) is 0 Å². The Hall–Kier alpha value is -2.57. The maximum atomic E-state index is 5.79. The molecule has 3 heterocycles. The second-order valence-corrected chi connectivity index (χ2v) is 5.30. The van der Waals surface area contributed by atoms with E-state index in [4.69, 9.17) is 5.73 Å². The van der Waals surface area contributed by atoms with Crippen molar-refractivity contribution in [3.8, 4) is 17.1 Å².